The van der Waals surface area contributed by atoms with Crippen LogP contribution >= 0.6 is 15.9 Å². The second-order valence-electron chi connectivity index (χ2n) is 4.82. The summed E-state index contributed by atoms with van der Waals surface area (Å²) >= 11 is 3.92. The molecule has 0 saturated heterocycles. The van der Waals surface area contributed by atoms with Gasteiger partial charge in [0, 0.05) is 17.2 Å². The molecule has 96 valence electrons. The summed E-state index contributed by atoms with van der Waals surface area (Å²) in [5.41, 5.74) is 1.39. The summed E-state index contributed by atoms with van der Waals surface area (Å²) in [5.74, 6) is 1.33. The molecule has 0 aliphatic rings. The lowest BCUT2D eigenvalue weighted by atomic mass is 9.86. The SMILES string of the molecule is CCCCC(CC)C(Br)C(C)c1ccncc1. The summed E-state index contributed by atoms with van der Waals surface area (Å²) in [7, 11) is 0. The van der Waals surface area contributed by atoms with E-state index in [1.54, 1.807) is 0 Å². The Bertz CT molecular complexity index is 299. The van der Waals surface area contributed by atoms with Crippen LogP contribution in [0.5, 0.6) is 0 Å². The number of pyridine rings is 1. The van der Waals surface area contributed by atoms with E-state index in [2.05, 4.69) is 53.8 Å². The molecule has 0 radical (unpaired) electrons. The molecule has 0 aromatic carbocycles. The van der Waals surface area contributed by atoms with Gasteiger partial charge in [0.25, 0.3) is 0 Å². The molecule has 3 unspecified atom stereocenters. The quantitative estimate of drug-likeness (QED) is 0.633. The Morgan fingerprint density at radius 1 is 1.24 bits per heavy atom. The molecule has 0 N–H and O–H groups in total. The molecule has 1 nitrogen and oxygen atoms in total. The number of aromatic nitrogens is 1. The van der Waals surface area contributed by atoms with Gasteiger partial charge in [0.15, 0.2) is 0 Å². The highest BCUT2D eigenvalue weighted by molar-refractivity contribution is 9.09. The van der Waals surface area contributed by atoms with Gasteiger partial charge in [0.05, 0.1) is 0 Å². The molecule has 0 fully saturated rings. The van der Waals surface area contributed by atoms with Crippen LogP contribution in [0.3, 0.4) is 0 Å². The fourth-order valence-corrected chi connectivity index (χ4v) is 3.26. The molecule has 17 heavy (non-hydrogen) atoms. The third-order valence-corrected chi connectivity index (χ3v) is 5.15. The van der Waals surface area contributed by atoms with Crippen LogP contribution in [0.4, 0.5) is 0 Å². The Balaban J connectivity index is 2.63. The molecule has 0 bridgehead atoms. The van der Waals surface area contributed by atoms with Crippen LogP contribution in [-0.4, -0.2) is 9.81 Å². The largest absolute Gasteiger partial charge is 0.265 e. The third kappa shape index (κ3) is 4.42. The Kier molecular flexibility index (Phi) is 6.79. The average molecular weight is 298 g/mol. The Morgan fingerprint density at radius 3 is 2.41 bits per heavy atom. The number of nitrogens with zero attached hydrogens (tertiary/aromatic N) is 1. The van der Waals surface area contributed by atoms with Gasteiger partial charge < -0.3 is 0 Å². The summed E-state index contributed by atoms with van der Waals surface area (Å²) in [6, 6.07) is 4.26. The molecule has 1 rings (SSSR count). The van der Waals surface area contributed by atoms with Crippen LogP contribution < -0.4 is 0 Å². The first-order valence-corrected chi connectivity index (χ1v) is 7.66. The molecular weight excluding hydrogens is 274 g/mol. The topological polar surface area (TPSA) is 12.9 Å². The molecule has 0 spiro atoms. The van der Waals surface area contributed by atoms with Gasteiger partial charge in [0.2, 0.25) is 0 Å². The van der Waals surface area contributed by atoms with Crippen LogP contribution in [0, 0.1) is 5.92 Å². The molecule has 2 heteroatoms. The van der Waals surface area contributed by atoms with Gasteiger partial charge in [0.1, 0.15) is 0 Å². The third-order valence-electron chi connectivity index (χ3n) is 3.61. The van der Waals surface area contributed by atoms with E-state index in [0.717, 1.165) is 5.92 Å². The first-order chi connectivity index (χ1) is 8.20. The van der Waals surface area contributed by atoms with Gasteiger partial charge in [-0.15, -0.1) is 0 Å². The van der Waals surface area contributed by atoms with Gasteiger partial charge in [-0.3, -0.25) is 4.98 Å². The van der Waals surface area contributed by atoms with E-state index < -0.39 is 0 Å². The molecule has 3 atom stereocenters. The molecule has 1 heterocycles. The first kappa shape index (κ1) is 14.7. The van der Waals surface area contributed by atoms with Gasteiger partial charge in [-0.25, -0.2) is 0 Å². The summed E-state index contributed by atoms with van der Waals surface area (Å²) in [6.07, 6.45) is 8.99. The van der Waals surface area contributed by atoms with Gasteiger partial charge in [-0.05, 0) is 36.0 Å². The smallest absolute Gasteiger partial charge is 0.0270 e. The predicted octanol–water partition coefficient (Wildman–Crippen LogP) is 5.17. The van der Waals surface area contributed by atoms with E-state index >= 15 is 0 Å². The van der Waals surface area contributed by atoms with Crippen molar-refractivity contribution >= 4 is 15.9 Å². The number of rotatable bonds is 7. The van der Waals surface area contributed by atoms with Crippen molar-refractivity contribution in [2.45, 2.75) is 57.2 Å². The maximum absolute atomic E-state index is 4.09. The van der Waals surface area contributed by atoms with E-state index in [1.807, 2.05) is 12.4 Å². The molecule has 1 aromatic heterocycles. The van der Waals surface area contributed by atoms with E-state index in [4.69, 9.17) is 0 Å². The lowest BCUT2D eigenvalue weighted by molar-refractivity contribution is 0.412. The summed E-state index contributed by atoms with van der Waals surface area (Å²) < 4.78 is 0. The number of halogens is 1. The molecule has 0 saturated carbocycles. The van der Waals surface area contributed by atoms with E-state index in [1.165, 1.54) is 31.2 Å². The fraction of sp³-hybridized carbons (Fsp3) is 0.667. The normalized spacial score (nSPS) is 16.5. The van der Waals surface area contributed by atoms with Crippen LogP contribution in [0.2, 0.25) is 0 Å². The predicted molar refractivity (Wildman–Crippen MR) is 78.7 cm³/mol. The van der Waals surface area contributed by atoms with Gasteiger partial charge in [-0.1, -0.05) is 56.0 Å². The maximum Gasteiger partial charge on any atom is 0.0270 e. The molecule has 0 amide bonds. The first-order valence-electron chi connectivity index (χ1n) is 6.74. The van der Waals surface area contributed by atoms with Crippen molar-refractivity contribution in [1.82, 2.24) is 4.98 Å². The molecule has 1 aromatic rings. The van der Waals surface area contributed by atoms with Crippen LogP contribution in [0.25, 0.3) is 0 Å². The summed E-state index contributed by atoms with van der Waals surface area (Å²) in [6.45, 7) is 6.87. The number of hydrogen-bond donors (Lipinski definition) is 0. The second-order valence-corrected chi connectivity index (χ2v) is 5.88. The number of alkyl halides is 1. The number of hydrogen-bond acceptors (Lipinski definition) is 1. The highest BCUT2D eigenvalue weighted by atomic mass is 79.9. The zero-order valence-corrected chi connectivity index (χ0v) is 12.8. The van der Waals surface area contributed by atoms with E-state index in [0.29, 0.717) is 10.7 Å². The van der Waals surface area contributed by atoms with Crippen molar-refractivity contribution in [1.29, 1.82) is 0 Å². The minimum Gasteiger partial charge on any atom is -0.265 e. The fourth-order valence-electron chi connectivity index (χ4n) is 2.31. The Labute approximate surface area is 114 Å². The second kappa shape index (κ2) is 7.86. The molecular formula is C15H24BrN. The lowest BCUT2D eigenvalue weighted by Crippen LogP contribution is -2.20. The van der Waals surface area contributed by atoms with Crippen molar-refractivity contribution in [3.63, 3.8) is 0 Å². The van der Waals surface area contributed by atoms with Crippen molar-refractivity contribution in [2.24, 2.45) is 5.92 Å². The standard InChI is InChI=1S/C15H24BrN/c1-4-6-7-13(5-2)15(16)12(3)14-8-10-17-11-9-14/h8-13,15H,4-7H2,1-3H3. The average Bonchev–Trinajstić information content (AvgIpc) is 2.39. The molecule has 0 aliphatic carbocycles. The highest BCUT2D eigenvalue weighted by Crippen LogP contribution is 2.33. The van der Waals surface area contributed by atoms with Gasteiger partial charge in [-0.2, -0.15) is 0 Å². The van der Waals surface area contributed by atoms with E-state index in [9.17, 15) is 0 Å². The summed E-state index contributed by atoms with van der Waals surface area (Å²) in [5, 5.41) is 0. The Morgan fingerprint density at radius 2 is 1.88 bits per heavy atom. The van der Waals surface area contributed by atoms with Crippen molar-refractivity contribution in [2.75, 3.05) is 0 Å². The minimum absolute atomic E-state index is 0.555. The summed E-state index contributed by atoms with van der Waals surface area (Å²) in [4.78, 5) is 4.66. The van der Waals surface area contributed by atoms with Crippen LogP contribution in [0.15, 0.2) is 24.5 Å². The van der Waals surface area contributed by atoms with Crippen LogP contribution in [-0.2, 0) is 0 Å². The van der Waals surface area contributed by atoms with Crippen LogP contribution in [0.1, 0.15) is 57.9 Å². The zero-order valence-electron chi connectivity index (χ0n) is 11.2. The number of unbranched alkanes of at least 4 members (excludes halogenated alkanes) is 1. The van der Waals surface area contributed by atoms with Gasteiger partial charge >= 0.3 is 0 Å². The Hall–Kier alpha value is -0.370. The minimum atomic E-state index is 0.555. The van der Waals surface area contributed by atoms with Crippen molar-refractivity contribution in [3.05, 3.63) is 30.1 Å². The van der Waals surface area contributed by atoms with E-state index in [-0.39, 0.29) is 0 Å². The zero-order chi connectivity index (χ0) is 12.7. The molecule has 0 aliphatic heterocycles. The monoisotopic (exact) mass is 297 g/mol. The van der Waals surface area contributed by atoms with Crippen molar-refractivity contribution < 1.29 is 0 Å². The lowest BCUT2D eigenvalue weighted by Gasteiger charge is -2.27. The highest BCUT2D eigenvalue weighted by Gasteiger charge is 2.23. The van der Waals surface area contributed by atoms with Crippen molar-refractivity contribution in [3.8, 4) is 0 Å². The maximum atomic E-state index is 4.09.